The van der Waals surface area contributed by atoms with E-state index >= 15 is 0 Å². The molecule has 108 valence electrons. The van der Waals surface area contributed by atoms with Gasteiger partial charge in [0.25, 0.3) is 5.91 Å². The van der Waals surface area contributed by atoms with Gasteiger partial charge in [-0.05, 0) is 33.1 Å². The highest BCUT2D eigenvalue weighted by Gasteiger charge is 2.45. The molecule has 0 radical (unpaired) electrons. The Labute approximate surface area is 118 Å². The first kappa shape index (κ1) is 13.1. The lowest BCUT2D eigenvalue weighted by Gasteiger charge is -2.45. The normalized spacial score (nSPS) is 26.9. The van der Waals surface area contributed by atoms with E-state index in [4.69, 9.17) is 0 Å². The van der Waals surface area contributed by atoms with E-state index in [1.165, 1.54) is 0 Å². The Kier molecular flexibility index (Phi) is 3.23. The van der Waals surface area contributed by atoms with Crippen LogP contribution in [-0.2, 0) is 16.1 Å². The largest absolute Gasteiger partial charge is 0.329 e. The lowest BCUT2D eigenvalue weighted by Crippen LogP contribution is -2.65. The second-order valence-electron chi connectivity index (χ2n) is 5.48. The van der Waals surface area contributed by atoms with Crippen LogP contribution in [0.25, 0.3) is 0 Å². The van der Waals surface area contributed by atoms with E-state index in [0.29, 0.717) is 6.54 Å². The number of carbonyl (C=O) groups excluding carboxylic acids is 2. The lowest BCUT2D eigenvalue weighted by molar-refractivity contribution is -0.147. The summed E-state index contributed by atoms with van der Waals surface area (Å²) in [7, 11) is 0. The van der Waals surface area contributed by atoms with Gasteiger partial charge >= 0.3 is 0 Å². The zero-order valence-electron chi connectivity index (χ0n) is 12.0. The zero-order valence-corrected chi connectivity index (χ0v) is 12.0. The molecule has 3 heterocycles. The van der Waals surface area contributed by atoms with Crippen molar-refractivity contribution in [3.63, 3.8) is 0 Å². The molecule has 2 aliphatic rings. The van der Waals surface area contributed by atoms with Crippen molar-refractivity contribution in [2.45, 2.75) is 51.7 Å². The molecule has 1 aromatic rings. The van der Waals surface area contributed by atoms with Crippen LogP contribution in [0.5, 0.6) is 0 Å². The number of aromatic nitrogens is 2. The monoisotopic (exact) mass is 276 g/mol. The summed E-state index contributed by atoms with van der Waals surface area (Å²) in [5.41, 5.74) is 0.725. The summed E-state index contributed by atoms with van der Waals surface area (Å²) in [4.78, 5) is 28.6. The molecule has 0 bridgehead atoms. The second-order valence-corrected chi connectivity index (χ2v) is 5.48. The Morgan fingerprint density at radius 3 is 2.80 bits per heavy atom. The van der Waals surface area contributed by atoms with E-state index in [-0.39, 0.29) is 17.9 Å². The van der Waals surface area contributed by atoms with Crippen LogP contribution in [0.1, 0.15) is 33.1 Å². The molecule has 2 aliphatic heterocycles. The van der Waals surface area contributed by atoms with Crippen LogP contribution >= 0.6 is 0 Å². The van der Waals surface area contributed by atoms with Gasteiger partial charge in [0.1, 0.15) is 12.1 Å². The maximum atomic E-state index is 12.7. The maximum absolute atomic E-state index is 12.7. The number of piperazine rings is 1. The van der Waals surface area contributed by atoms with Gasteiger partial charge in [-0.25, -0.2) is 0 Å². The Balaban J connectivity index is 1.93. The van der Waals surface area contributed by atoms with Gasteiger partial charge in [-0.15, -0.1) is 0 Å². The molecule has 6 heteroatoms. The van der Waals surface area contributed by atoms with E-state index < -0.39 is 6.04 Å². The molecule has 2 atom stereocenters. The SMILES string of the molecule is CCn1cc(N2C(=O)C3CCCCN3C(=O)C2C)cn1. The molecule has 0 spiro atoms. The standard InChI is InChI=1S/C14H20N4O2/c1-3-16-9-11(8-15-16)18-10(2)13(19)17-7-5-4-6-12(17)14(18)20/h8-10,12H,3-7H2,1-2H3. The third kappa shape index (κ3) is 1.90. The van der Waals surface area contributed by atoms with Crippen LogP contribution in [0.4, 0.5) is 5.69 Å². The van der Waals surface area contributed by atoms with Crippen LogP contribution in [-0.4, -0.2) is 45.1 Å². The molecular formula is C14H20N4O2. The Hall–Kier alpha value is -1.85. The number of hydrogen-bond donors (Lipinski definition) is 0. The van der Waals surface area contributed by atoms with Crippen LogP contribution in [0.2, 0.25) is 0 Å². The van der Waals surface area contributed by atoms with Gasteiger partial charge < -0.3 is 4.90 Å². The number of amides is 2. The van der Waals surface area contributed by atoms with E-state index in [1.54, 1.807) is 27.6 Å². The van der Waals surface area contributed by atoms with Crippen LogP contribution in [0, 0.1) is 0 Å². The molecule has 2 fully saturated rings. The second kappa shape index (κ2) is 4.92. The van der Waals surface area contributed by atoms with E-state index in [0.717, 1.165) is 31.5 Å². The zero-order chi connectivity index (χ0) is 14.3. The molecule has 2 unspecified atom stereocenters. The molecule has 0 N–H and O–H groups in total. The number of carbonyl (C=O) groups is 2. The van der Waals surface area contributed by atoms with Crippen LogP contribution in [0.3, 0.4) is 0 Å². The number of nitrogens with zero attached hydrogens (tertiary/aromatic N) is 4. The average Bonchev–Trinajstić information content (AvgIpc) is 2.94. The third-order valence-electron chi connectivity index (χ3n) is 4.27. The lowest BCUT2D eigenvalue weighted by atomic mass is 9.95. The maximum Gasteiger partial charge on any atom is 0.250 e. The van der Waals surface area contributed by atoms with Gasteiger partial charge in [0.15, 0.2) is 0 Å². The summed E-state index contributed by atoms with van der Waals surface area (Å²) >= 11 is 0. The van der Waals surface area contributed by atoms with Crippen LogP contribution in [0.15, 0.2) is 12.4 Å². The van der Waals surface area contributed by atoms with Crippen molar-refractivity contribution < 1.29 is 9.59 Å². The van der Waals surface area contributed by atoms with Crippen molar-refractivity contribution in [2.75, 3.05) is 11.4 Å². The summed E-state index contributed by atoms with van der Waals surface area (Å²) in [5, 5.41) is 4.21. The minimum absolute atomic E-state index is 0.0347. The number of anilines is 1. The third-order valence-corrected chi connectivity index (χ3v) is 4.27. The number of fused-ring (bicyclic) bond motifs is 1. The highest BCUT2D eigenvalue weighted by atomic mass is 16.2. The van der Waals surface area contributed by atoms with Crippen molar-refractivity contribution >= 4 is 17.5 Å². The molecular weight excluding hydrogens is 256 g/mol. The molecule has 0 aromatic carbocycles. The topological polar surface area (TPSA) is 58.4 Å². The molecule has 0 aliphatic carbocycles. The fraction of sp³-hybridized carbons (Fsp3) is 0.643. The number of hydrogen-bond acceptors (Lipinski definition) is 3. The van der Waals surface area contributed by atoms with Gasteiger partial charge in [0, 0.05) is 19.3 Å². The molecule has 2 amide bonds. The fourth-order valence-electron chi connectivity index (χ4n) is 3.15. The molecule has 3 rings (SSSR count). The molecule has 0 saturated carbocycles. The van der Waals surface area contributed by atoms with E-state index in [2.05, 4.69) is 5.10 Å². The predicted octanol–water partition coefficient (Wildman–Crippen LogP) is 1.02. The Bertz CT molecular complexity index is 539. The average molecular weight is 276 g/mol. The first-order valence-corrected chi connectivity index (χ1v) is 7.29. The minimum atomic E-state index is -0.439. The fourth-order valence-corrected chi connectivity index (χ4v) is 3.15. The van der Waals surface area contributed by atoms with Crippen molar-refractivity contribution in [3.8, 4) is 0 Å². The Morgan fingerprint density at radius 2 is 2.10 bits per heavy atom. The number of aryl methyl sites for hydroxylation is 1. The van der Waals surface area contributed by atoms with E-state index in [9.17, 15) is 9.59 Å². The minimum Gasteiger partial charge on any atom is -0.329 e. The highest BCUT2D eigenvalue weighted by molar-refractivity contribution is 6.08. The highest BCUT2D eigenvalue weighted by Crippen LogP contribution is 2.29. The van der Waals surface area contributed by atoms with E-state index in [1.807, 2.05) is 13.1 Å². The van der Waals surface area contributed by atoms with Crippen molar-refractivity contribution in [1.82, 2.24) is 14.7 Å². The van der Waals surface area contributed by atoms with Crippen LogP contribution < -0.4 is 4.90 Å². The van der Waals surface area contributed by atoms with Gasteiger partial charge in [-0.2, -0.15) is 5.10 Å². The quantitative estimate of drug-likeness (QED) is 0.810. The first-order chi connectivity index (χ1) is 9.63. The summed E-state index contributed by atoms with van der Waals surface area (Å²) in [5.74, 6) is 0.0889. The molecule has 20 heavy (non-hydrogen) atoms. The Morgan fingerprint density at radius 1 is 1.30 bits per heavy atom. The van der Waals surface area contributed by atoms with Gasteiger partial charge in [0.05, 0.1) is 11.9 Å². The summed E-state index contributed by atoms with van der Waals surface area (Å²) < 4.78 is 1.77. The summed E-state index contributed by atoms with van der Waals surface area (Å²) in [6, 6.07) is -0.719. The molecule has 6 nitrogen and oxygen atoms in total. The van der Waals surface area contributed by atoms with Crippen molar-refractivity contribution in [1.29, 1.82) is 0 Å². The predicted molar refractivity (Wildman–Crippen MR) is 74.2 cm³/mol. The van der Waals surface area contributed by atoms with Gasteiger partial charge in [-0.3, -0.25) is 19.2 Å². The summed E-state index contributed by atoms with van der Waals surface area (Å²) in [6.45, 7) is 5.25. The van der Waals surface area contributed by atoms with Gasteiger partial charge in [-0.1, -0.05) is 0 Å². The molecule has 1 aromatic heterocycles. The summed E-state index contributed by atoms with van der Waals surface area (Å²) in [6.07, 6.45) is 6.28. The van der Waals surface area contributed by atoms with Crippen molar-refractivity contribution in [2.24, 2.45) is 0 Å². The smallest absolute Gasteiger partial charge is 0.250 e. The molecule has 2 saturated heterocycles. The first-order valence-electron chi connectivity index (χ1n) is 7.29. The van der Waals surface area contributed by atoms with Gasteiger partial charge in [0.2, 0.25) is 5.91 Å². The number of piperidine rings is 1. The van der Waals surface area contributed by atoms with Crippen molar-refractivity contribution in [3.05, 3.63) is 12.4 Å². The number of rotatable bonds is 2.